The summed E-state index contributed by atoms with van der Waals surface area (Å²) in [4.78, 5) is 2.40. The number of nitrogens with zero attached hydrogens (tertiary/aromatic N) is 2. The van der Waals surface area contributed by atoms with Crippen LogP contribution in [-0.4, -0.2) is 23.7 Å². The molecule has 0 fully saturated rings. The molecule has 3 rings (SSSR count). The number of hydrogen-bond donors (Lipinski definition) is 0. The zero-order valence-corrected chi connectivity index (χ0v) is 11.3. The maximum Gasteiger partial charge on any atom is 0.258 e. The number of benzene rings is 1. The molecule has 100 valence electrons. The Kier molecular flexibility index (Phi) is 3.25. The fourth-order valence-electron chi connectivity index (χ4n) is 2.49. The summed E-state index contributed by atoms with van der Waals surface area (Å²) in [5, 5.41) is 3.95. The lowest BCUT2D eigenvalue weighted by Gasteiger charge is -2.25. The lowest BCUT2D eigenvalue weighted by atomic mass is 10.1. The summed E-state index contributed by atoms with van der Waals surface area (Å²) >= 11 is 0. The Morgan fingerprint density at radius 2 is 2.11 bits per heavy atom. The molecular weight excluding hydrogens is 240 g/mol. The molecular formula is C15H18N2O2. The van der Waals surface area contributed by atoms with Crippen molar-refractivity contribution >= 4 is 0 Å². The highest BCUT2D eigenvalue weighted by atomic mass is 16.5. The third kappa shape index (κ3) is 2.49. The van der Waals surface area contributed by atoms with Gasteiger partial charge in [-0.2, -0.15) is 0 Å². The Morgan fingerprint density at radius 1 is 1.32 bits per heavy atom. The highest BCUT2D eigenvalue weighted by Crippen LogP contribution is 2.28. The number of hydrogen-bond acceptors (Lipinski definition) is 4. The van der Waals surface area contributed by atoms with Gasteiger partial charge in [0.05, 0.1) is 12.7 Å². The van der Waals surface area contributed by atoms with Gasteiger partial charge in [0.2, 0.25) is 0 Å². The number of aromatic nitrogens is 1. The maximum absolute atomic E-state index is 5.29. The van der Waals surface area contributed by atoms with E-state index in [-0.39, 0.29) is 0 Å². The van der Waals surface area contributed by atoms with Crippen LogP contribution >= 0.6 is 0 Å². The van der Waals surface area contributed by atoms with Crippen molar-refractivity contribution in [3.63, 3.8) is 0 Å². The van der Waals surface area contributed by atoms with E-state index < -0.39 is 0 Å². The number of rotatable bonds is 3. The topological polar surface area (TPSA) is 38.5 Å². The van der Waals surface area contributed by atoms with Crippen molar-refractivity contribution in [3.8, 4) is 5.88 Å². The second-order valence-electron chi connectivity index (χ2n) is 5.04. The summed E-state index contributed by atoms with van der Waals surface area (Å²) in [6, 6.07) is 8.70. The molecule has 0 atom stereocenters. The summed E-state index contributed by atoms with van der Waals surface area (Å²) in [7, 11) is 1.64. The first-order valence-electron chi connectivity index (χ1n) is 6.55. The molecule has 0 N–H and O–H groups in total. The van der Waals surface area contributed by atoms with Gasteiger partial charge in [-0.15, -0.1) is 0 Å². The van der Waals surface area contributed by atoms with Gasteiger partial charge >= 0.3 is 0 Å². The van der Waals surface area contributed by atoms with Gasteiger partial charge in [-0.05, 0) is 17.6 Å². The predicted octanol–water partition coefficient (Wildman–Crippen LogP) is 2.55. The largest absolute Gasteiger partial charge is 0.479 e. The molecule has 0 saturated heterocycles. The van der Waals surface area contributed by atoms with Crippen molar-refractivity contribution < 1.29 is 9.26 Å². The van der Waals surface area contributed by atoms with Gasteiger partial charge < -0.3 is 9.26 Å². The molecule has 4 heteroatoms. The Balaban J connectivity index is 1.73. The molecule has 0 saturated carbocycles. The molecule has 0 amide bonds. The van der Waals surface area contributed by atoms with Gasteiger partial charge in [0.1, 0.15) is 5.76 Å². The third-order valence-corrected chi connectivity index (χ3v) is 3.59. The normalized spacial score (nSPS) is 15.3. The molecule has 0 aliphatic carbocycles. The number of aryl methyl sites for hydroxylation is 1. The van der Waals surface area contributed by atoms with Crippen molar-refractivity contribution in [2.24, 2.45) is 0 Å². The average Bonchev–Trinajstić information content (AvgIpc) is 2.84. The van der Waals surface area contributed by atoms with Crippen LogP contribution in [0.3, 0.4) is 0 Å². The standard InChI is InChI=1S/C15H18N2O2/c1-11-3-5-12(6-4-11)9-17-8-7-14-13(10-17)15(18-2)16-19-14/h3-6H,7-10H2,1-2H3. The minimum atomic E-state index is 0.628. The first-order chi connectivity index (χ1) is 9.26. The molecule has 2 aromatic rings. The van der Waals surface area contributed by atoms with Crippen LogP contribution < -0.4 is 4.74 Å². The van der Waals surface area contributed by atoms with Gasteiger partial charge in [-0.25, -0.2) is 0 Å². The second-order valence-corrected chi connectivity index (χ2v) is 5.04. The van der Waals surface area contributed by atoms with Crippen molar-refractivity contribution in [1.82, 2.24) is 10.1 Å². The molecule has 1 aliphatic heterocycles. The van der Waals surface area contributed by atoms with Crippen LogP contribution in [0.2, 0.25) is 0 Å². The van der Waals surface area contributed by atoms with Gasteiger partial charge in [-0.1, -0.05) is 29.8 Å². The van der Waals surface area contributed by atoms with Gasteiger partial charge in [0, 0.05) is 26.1 Å². The fraction of sp³-hybridized carbons (Fsp3) is 0.400. The third-order valence-electron chi connectivity index (χ3n) is 3.59. The zero-order chi connectivity index (χ0) is 13.2. The molecule has 2 heterocycles. The minimum absolute atomic E-state index is 0.628. The van der Waals surface area contributed by atoms with Crippen molar-refractivity contribution in [1.29, 1.82) is 0 Å². The van der Waals surface area contributed by atoms with Crippen molar-refractivity contribution in [2.75, 3.05) is 13.7 Å². The van der Waals surface area contributed by atoms with Gasteiger partial charge in [0.15, 0.2) is 0 Å². The lowest BCUT2D eigenvalue weighted by molar-refractivity contribution is 0.228. The summed E-state index contributed by atoms with van der Waals surface area (Å²) in [5.74, 6) is 1.60. The lowest BCUT2D eigenvalue weighted by Crippen LogP contribution is -2.29. The van der Waals surface area contributed by atoms with Crippen LogP contribution in [0.4, 0.5) is 0 Å². The number of fused-ring (bicyclic) bond motifs is 1. The molecule has 0 bridgehead atoms. The molecule has 1 aromatic carbocycles. The molecule has 0 radical (unpaired) electrons. The second kappa shape index (κ2) is 5.05. The van der Waals surface area contributed by atoms with E-state index in [1.54, 1.807) is 7.11 Å². The molecule has 0 unspecified atom stereocenters. The first-order valence-corrected chi connectivity index (χ1v) is 6.55. The summed E-state index contributed by atoms with van der Waals surface area (Å²) < 4.78 is 10.5. The molecule has 19 heavy (non-hydrogen) atoms. The molecule has 0 spiro atoms. The van der Waals surface area contributed by atoms with Crippen LogP contribution in [0.25, 0.3) is 0 Å². The van der Waals surface area contributed by atoms with Crippen LogP contribution in [0.15, 0.2) is 28.8 Å². The van der Waals surface area contributed by atoms with E-state index in [2.05, 4.69) is 41.2 Å². The Labute approximate surface area is 113 Å². The Morgan fingerprint density at radius 3 is 2.84 bits per heavy atom. The van der Waals surface area contributed by atoms with E-state index in [4.69, 9.17) is 9.26 Å². The SMILES string of the molecule is COc1noc2c1CN(Cc1ccc(C)cc1)CC2. The Bertz CT molecular complexity index is 547. The van der Waals surface area contributed by atoms with E-state index >= 15 is 0 Å². The smallest absolute Gasteiger partial charge is 0.258 e. The van der Waals surface area contributed by atoms with Crippen molar-refractivity contribution in [3.05, 3.63) is 46.7 Å². The minimum Gasteiger partial charge on any atom is -0.479 e. The summed E-state index contributed by atoms with van der Waals surface area (Å²) in [6.07, 6.45) is 0.900. The maximum atomic E-state index is 5.29. The predicted molar refractivity (Wildman–Crippen MR) is 72.1 cm³/mol. The average molecular weight is 258 g/mol. The fourth-order valence-corrected chi connectivity index (χ4v) is 2.49. The van der Waals surface area contributed by atoms with E-state index in [0.29, 0.717) is 5.88 Å². The van der Waals surface area contributed by atoms with E-state index in [9.17, 15) is 0 Å². The van der Waals surface area contributed by atoms with Gasteiger partial charge in [0.25, 0.3) is 5.88 Å². The molecule has 4 nitrogen and oxygen atoms in total. The molecule has 1 aliphatic rings. The van der Waals surface area contributed by atoms with Crippen LogP contribution in [-0.2, 0) is 19.5 Å². The number of methoxy groups -OCH3 is 1. The highest BCUT2D eigenvalue weighted by Gasteiger charge is 2.24. The Hall–Kier alpha value is -1.81. The molecule has 1 aromatic heterocycles. The summed E-state index contributed by atoms with van der Waals surface area (Å²) in [5.41, 5.74) is 3.73. The monoisotopic (exact) mass is 258 g/mol. The number of ether oxygens (including phenoxy) is 1. The van der Waals surface area contributed by atoms with Crippen LogP contribution in [0.5, 0.6) is 5.88 Å². The van der Waals surface area contributed by atoms with E-state index in [0.717, 1.165) is 37.4 Å². The van der Waals surface area contributed by atoms with E-state index in [1.165, 1.54) is 11.1 Å². The summed E-state index contributed by atoms with van der Waals surface area (Å²) in [6.45, 7) is 4.90. The zero-order valence-electron chi connectivity index (χ0n) is 11.3. The highest BCUT2D eigenvalue weighted by molar-refractivity contribution is 5.30. The van der Waals surface area contributed by atoms with Gasteiger partial charge in [-0.3, -0.25) is 4.90 Å². The van der Waals surface area contributed by atoms with E-state index in [1.807, 2.05) is 0 Å². The first kappa shape index (κ1) is 12.2. The quantitative estimate of drug-likeness (QED) is 0.848. The van der Waals surface area contributed by atoms with Crippen molar-refractivity contribution in [2.45, 2.75) is 26.4 Å². The van der Waals surface area contributed by atoms with Crippen LogP contribution in [0, 0.1) is 6.92 Å². The van der Waals surface area contributed by atoms with Crippen LogP contribution in [0.1, 0.15) is 22.5 Å².